The number of carbonyl (C=O) groups excluding carboxylic acids is 2. The summed E-state index contributed by atoms with van der Waals surface area (Å²) in [6.07, 6.45) is 6.89. The Labute approximate surface area is 145 Å². The van der Waals surface area contributed by atoms with Gasteiger partial charge in [0.05, 0.1) is 17.3 Å². The van der Waals surface area contributed by atoms with Crippen molar-refractivity contribution in [2.75, 3.05) is 6.54 Å². The summed E-state index contributed by atoms with van der Waals surface area (Å²) >= 11 is 0. The summed E-state index contributed by atoms with van der Waals surface area (Å²) in [7, 11) is 1.78. The van der Waals surface area contributed by atoms with E-state index >= 15 is 0 Å². The van der Waals surface area contributed by atoms with Crippen LogP contribution in [0.5, 0.6) is 0 Å². The van der Waals surface area contributed by atoms with Crippen LogP contribution < -0.4 is 0 Å². The van der Waals surface area contributed by atoms with Crippen molar-refractivity contribution < 1.29 is 14.0 Å². The van der Waals surface area contributed by atoms with Gasteiger partial charge in [0.25, 0.3) is 5.91 Å². The van der Waals surface area contributed by atoms with Crippen LogP contribution in [0.25, 0.3) is 11.0 Å². The van der Waals surface area contributed by atoms with Crippen molar-refractivity contribution in [3.8, 4) is 0 Å². The van der Waals surface area contributed by atoms with E-state index in [-0.39, 0.29) is 17.7 Å². The predicted molar refractivity (Wildman–Crippen MR) is 92.4 cm³/mol. The molecule has 1 fully saturated rings. The lowest BCUT2D eigenvalue weighted by Crippen LogP contribution is -2.36. The van der Waals surface area contributed by atoms with E-state index in [1.165, 1.54) is 6.26 Å². The molecule has 1 atom stereocenters. The second kappa shape index (κ2) is 6.20. The Morgan fingerprint density at radius 3 is 2.96 bits per heavy atom. The molecular weight excluding hydrogens is 318 g/mol. The van der Waals surface area contributed by atoms with Crippen LogP contribution in [-0.2, 0) is 7.05 Å². The zero-order chi connectivity index (χ0) is 17.4. The molecule has 6 nitrogen and oxygen atoms in total. The SMILES string of the molecule is Cn1cc(C(=O)C[C@H]2CCCN2C(=O)c2coc3ccccc23)cn1. The Morgan fingerprint density at radius 2 is 2.16 bits per heavy atom. The second-order valence-corrected chi connectivity index (χ2v) is 6.47. The first-order valence-electron chi connectivity index (χ1n) is 8.42. The van der Waals surface area contributed by atoms with Crippen LogP contribution in [0.4, 0.5) is 0 Å². The molecule has 0 spiro atoms. The number of fused-ring (bicyclic) bond motifs is 1. The first kappa shape index (κ1) is 15.6. The highest BCUT2D eigenvalue weighted by molar-refractivity contribution is 6.06. The number of hydrogen-bond acceptors (Lipinski definition) is 4. The van der Waals surface area contributed by atoms with Crippen molar-refractivity contribution >= 4 is 22.7 Å². The van der Waals surface area contributed by atoms with Crippen molar-refractivity contribution in [2.45, 2.75) is 25.3 Å². The van der Waals surface area contributed by atoms with E-state index in [2.05, 4.69) is 5.10 Å². The Kier molecular flexibility index (Phi) is 3.87. The molecule has 3 heterocycles. The van der Waals surface area contributed by atoms with E-state index in [0.717, 1.165) is 18.2 Å². The number of amides is 1. The van der Waals surface area contributed by atoms with Gasteiger partial charge in [-0.25, -0.2) is 0 Å². The molecule has 1 aromatic carbocycles. The molecule has 2 aromatic heterocycles. The third kappa shape index (κ3) is 2.84. The molecule has 0 N–H and O–H groups in total. The van der Waals surface area contributed by atoms with Crippen LogP contribution in [0.1, 0.15) is 40.0 Å². The van der Waals surface area contributed by atoms with E-state index in [0.29, 0.717) is 29.7 Å². The van der Waals surface area contributed by atoms with Gasteiger partial charge in [-0.15, -0.1) is 0 Å². The monoisotopic (exact) mass is 337 g/mol. The smallest absolute Gasteiger partial charge is 0.258 e. The molecule has 6 heteroatoms. The van der Waals surface area contributed by atoms with E-state index in [1.807, 2.05) is 29.2 Å². The summed E-state index contributed by atoms with van der Waals surface area (Å²) in [6, 6.07) is 7.43. The Bertz CT molecular complexity index is 940. The highest BCUT2D eigenvalue weighted by Gasteiger charge is 2.32. The van der Waals surface area contributed by atoms with Gasteiger partial charge < -0.3 is 9.32 Å². The van der Waals surface area contributed by atoms with Crippen molar-refractivity contribution in [1.29, 1.82) is 0 Å². The third-order valence-electron chi connectivity index (χ3n) is 4.80. The van der Waals surface area contributed by atoms with Gasteiger partial charge in [0.1, 0.15) is 11.8 Å². The summed E-state index contributed by atoms with van der Waals surface area (Å²) in [5.74, 6) is -0.0405. The molecule has 1 aliphatic rings. The standard InChI is InChI=1S/C19H19N3O3/c1-21-11-13(10-20-21)17(23)9-14-5-4-8-22(14)19(24)16-12-25-18-7-3-2-6-15(16)18/h2-3,6-7,10-12,14H,4-5,8-9H2,1H3/t14-/m1/s1. The highest BCUT2D eigenvalue weighted by Crippen LogP contribution is 2.28. The van der Waals surface area contributed by atoms with E-state index in [1.54, 1.807) is 24.1 Å². The zero-order valence-electron chi connectivity index (χ0n) is 14.0. The number of likely N-dealkylation sites (tertiary alicyclic amines) is 1. The summed E-state index contributed by atoms with van der Waals surface area (Å²) < 4.78 is 7.11. The number of aromatic nitrogens is 2. The van der Waals surface area contributed by atoms with Gasteiger partial charge in [-0.2, -0.15) is 5.10 Å². The zero-order valence-corrected chi connectivity index (χ0v) is 14.0. The van der Waals surface area contributed by atoms with Gasteiger partial charge in [-0.3, -0.25) is 14.3 Å². The van der Waals surface area contributed by atoms with Crippen LogP contribution in [-0.4, -0.2) is 39.0 Å². The molecule has 3 aromatic rings. The van der Waals surface area contributed by atoms with Gasteiger partial charge >= 0.3 is 0 Å². The van der Waals surface area contributed by atoms with Crippen LogP contribution in [0.2, 0.25) is 0 Å². The van der Waals surface area contributed by atoms with Gasteiger partial charge in [-0.1, -0.05) is 18.2 Å². The maximum absolute atomic E-state index is 13.0. The van der Waals surface area contributed by atoms with Crippen molar-refractivity contribution in [3.05, 3.63) is 54.0 Å². The average molecular weight is 337 g/mol. The fraction of sp³-hybridized carbons (Fsp3) is 0.316. The summed E-state index contributed by atoms with van der Waals surface area (Å²) in [6.45, 7) is 0.670. The molecule has 0 aliphatic carbocycles. The number of aryl methyl sites for hydroxylation is 1. The van der Waals surface area contributed by atoms with Gasteiger partial charge in [-0.05, 0) is 18.9 Å². The predicted octanol–water partition coefficient (Wildman–Crippen LogP) is 3.04. The maximum Gasteiger partial charge on any atom is 0.258 e. The maximum atomic E-state index is 13.0. The topological polar surface area (TPSA) is 68.3 Å². The number of benzene rings is 1. The summed E-state index contributed by atoms with van der Waals surface area (Å²) in [5, 5.41) is 4.86. The van der Waals surface area contributed by atoms with Gasteiger partial charge in [0.15, 0.2) is 5.78 Å². The Hall–Kier alpha value is -2.89. The van der Waals surface area contributed by atoms with Gasteiger partial charge in [0.2, 0.25) is 0 Å². The molecule has 0 radical (unpaired) electrons. The third-order valence-corrected chi connectivity index (χ3v) is 4.80. The van der Waals surface area contributed by atoms with Crippen LogP contribution in [0.3, 0.4) is 0 Å². The number of ketones is 1. The lowest BCUT2D eigenvalue weighted by molar-refractivity contribution is 0.0718. The molecule has 0 saturated carbocycles. The first-order valence-corrected chi connectivity index (χ1v) is 8.42. The minimum atomic E-state index is -0.0751. The molecular formula is C19H19N3O3. The number of rotatable bonds is 4. The van der Waals surface area contributed by atoms with Crippen LogP contribution in [0.15, 0.2) is 47.3 Å². The Balaban J connectivity index is 1.55. The lowest BCUT2D eigenvalue weighted by Gasteiger charge is -2.23. The average Bonchev–Trinajstić information content (AvgIpc) is 3.33. The van der Waals surface area contributed by atoms with Crippen LogP contribution in [0, 0.1) is 0 Å². The molecule has 1 aliphatic heterocycles. The number of hydrogen-bond donors (Lipinski definition) is 0. The minimum Gasteiger partial charge on any atom is -0.463 e. The molecule has 0 bridgehead atoms. The molecule has 1 amide bonds. The second-order valence-electron chi connectivity index (χ2n) is 6.47. The van der Waals surface area contributed by atoms with E-state index < -0.39 is 0 Å². The molecule has 1 saturated heterocycles. The number of carbonyl (C=O) groups is 2. The van der Waals surface area contributed by atoms with Gasteiger partial charge in [0, 0.05) is 37.6 Å². The molecule has 25 heavy (non-hydrogen) atoms. The fourth-order valence-corrected chi connectivity index (χ4v) is 3.51. The number of nitrogens with zero attached hydrogens (tertiary/aromatic N) is 3. The normalized spacial score (nSPS) is 17.3. The summed E-state index contributed by atoms with van der Waals surface area (Å²) in [5.41, 5.74) is 1.86. The molecule has 4 rings (SSSR count). The fourth-order valence-electron chi connectivity index (χ4n) is 3.51. The number of para-hydroxylation sites is 1. The van der Waals surface area contributed by atoms with Crippen molar-refractivity contribution in [2.24, 2.45) is 7.05 Å². The van der Waals surface area contributed by atoms with Crippen molar-refractivity contribution in [1.82, 2.24) is 14.7 Å². The quantitative estimate of drug-likeness (QED) is 0.686. The summed E-state index contributed by atoms with van der Waals surface area (Å²) in [4.78, 5) is 27.3. The number of Topliss-reactive ketones (excluding diaryl/α,β-unsaturated/α-hetero) is 1. The first-order chi connectivity index (χ1) is 12.1. The number of furan rings is 1. The van der Waals surface area contributed by atoms with E-state index in [4.69, 9.17) is 4.42 Å². The minimum absolute atomic E-state index is 0.0230. The molecule has 128 valence electrons. The molecule has 0 unspecified atom stereocenters. The largest absolute Gasteiger partial charge is 0.463 e. The van der Waals surface area contributed by atoms with E-state index in [9.17, 15) is 9.59 Å². The van der Waals surface area contributed by atoms with Crippen molar-refractivity contribution in [3.63, 3.8) is 0 Å². The van der Waals surface area contributed by atoms with Crippen LogP contribution >= 0.6 is 0 Å². The highest BCUT2D eigenvalue weighted by atomic mass is 16.3. The Morgan fingerprint density at radius 1 is 1.32 bits per heavy atom. The lowest BCUT2D eigenvalue weighted by atomic mass is 10.0.